The third kappa shape index (κ3) is 7.32. The predicted octanol–water partition coefficient (Wildman–Crippen LogP) is 10.1. The summed E-state index contributed by atoms with van der Waals surface area (Å²) in [4.78, 5) is 0. The van der Waals surface area contributed by atoms with Gasteiger partial charge in [0.15, 0.2) is 5.71 Å². The summed E-state index contributed by atoms with van der Waals surface area (Å²) < 4.78 is 49.7. The molecule has 0 unspecified atom stereocenters. The minimum absolute atomic E-state index is 0.0608. The molecule has 0 N–H and O–H groups in total. The van der Waals surface area contributed by atoms with Crippen LogP contribution in [-0.4, -0.2) is 24.6 Å². The van der Waals surface area contributed by atoms with E-state index in [9.17, 15) is 17.3 Å². The maximum absolute atomic E-state index is 9.75. The van der Waals surface area contributed by atoms with Crippen molar-refractivity contribution in [2.75, 3.05) is 7.05 Å². The van der Waals surface area contributed by atoms with Gasteiger partial charge in [0.05, 0.1) is 5.41 Å². The van der Waals surface area contributed by atoms with Crippen molar-refractivity contribution in [1.29, 1.82) is 0 Å². The molecule has 2 aliphatic heterocycles. The largest absolute Gasteiger partial charge is 0.673 e. The van der Waals surface area contributed by atoms with Gasteiger partial charge in [-0.1, -0.05) is 80.4 Å². The molecule has 2 aliphatic rings. The maximum atomic E-state index is 9.75. The van der Waals surface area contributed by atoms with E-state index in [0.717, 1.165) is 37.2 Å². The quantitative estimate of drug-likeness (QED) is 0.152. The number of para-hydroxylation sites is 1. The number of allylic oxidation sites excluding steroid dienone is 6. The Bertz CT molecular complexity index is 1550. The lowest BCUT2D eigenvalue weighted by molar-refractivity contribution is -0.401. The van der Waals surface area contributed by atoms with Crippen molar-refractivity contribution >= 4 is 61.8 Å². The third-order valence-electron chi connectivity index (χ3n) is 6.57. The fraction of sp³-hybridized carbons (Fsp3) is 0.129. The summed E-state index contributed by atoms with van der Waals surface area (Å²) in [6.07, 6.45) is 10.5. The second-order valence-corrected chi connectivity index (χ2v) is 11.6. The Kier molecular flexibility index (Phi) is 9.05. The normalized spacial score (nSPS) is 17.2. The van der Waals surface area contributed by atoms with E-state index in [-0.39, 0.29) is 5.41 Å². The van der Waals surface area contributed by atoms with E-state index in [1.165, 1.54) is 17.0 Å². The van der Waals surface area contributed by atoms with Crippen LogP contribution in [0.25, 0.3) is 11.3 Å². The van der Waals surface area contributed by atoms with Crippen LogP contribution in [-0.2, 0) is 10.2 Å². The summed E-state index contributed by atoms with van der Waals surface area (Å²) in [6, 6.07) is 25.2. The molecule has 2 nitrogen and oxygen atoms in total. The number of hydrogen-bond acceptors (Lipinski definition) is 1. The smallest absolute Gasteiger partial charge is 0.457 e. The highest BCUT2D eigenvalue weighted by atomic mass is 79.9. The molecule has 0 aromatic heterocycles. The molecule has 3 aromatic rings. The average molecular weight is 675 g/mol. The number of nitrogens with zero attached hydrogens (tertiary/aromatic N) is 1. The summed E-state index contributed by atoms with van der Waals surface area (Å²) in [5.41, 5.74) is 7.09. The first kappa shape index (κ1) is 29.8. The van der Waals surface area contributed by atoms with Gasteiger partial charge in [0, 0.05) is 32.2 Å². The molecule has 2 heterocycles. The van der Waals surface area contributed by atoms with Crippen molar-refractivity contribution in [2.24, 2.45) is 0 Å². The second-order valence-electron chi connectivity index (χ2n) is 9.73. The zero-order valence-corrected chi connectivity index (χ0v) is 25.2. The first-order chi connectivity index (χ1) is 18.8. The van der Waals surface area contributed by atoms with Crippen molar-refractivity contribution < 1.29 is 26.6 Å². The van der Waals surface area contributed by atoms with Crippen molar-refractivity contribution in [3.05, 3.63) is 135 Å². The van der Waals surface area contributed by atoms with E-state index in [4.69, 9.17) is 4.74 Å². The Morgan fingerprint density at radius 2 is 1.35 bits per heavy atom. The van der Waals surface area contributed by atoms with Crippen LogP contribution in [0.15, 0.2) is 118 Å². The second kappa shape index (κ2) is 12.1. The summed E-state index contributed by atoms with van der Waals surface area (Å²) in [7, 11) is -3.86. The Morgan fingerprint density at radius 3 is 1.93 bits per heavy atom. The highest BCUT2D eigenvalue weighted by Gasteiger charge is 2.42. The van der Waals surface area contributed by atoms with Gasteiger partial charge in [0.1, 0.15) is 18.6 Å². The lowest BCUT2D eigenvalue weighted by Crippen LogP contribution is -2.26. The number of fused-ring (bicyclic) bond motifs is 1. The molecule has 0 spiro atoms. The first-order valence-electron chi connectivity index (χ1n) is 12.4. The van der Waals surface area contributed by atoms with Gasteiger partial charge in [-0.05, 0) is 67.5 Å². The van der Waals surface area contributed by atoms with Gasteiger partial charge in [-0.2, -0.15) is 4.58 Å². The van der Waals surface area contributed by atoms with Crippen LogP contribution in [0.2, 0.25) is 0 Å². The molecule has 0 saturated carbocycles. The van der Waals surface area contributed by atoms with Crippen LogP contribution >= 0.6 is 31.9 Å². The Morgan fingerprint density at radius 1 is 0.800 bits per heavy atom. The van der Waals surface area contributed by atoms with E-state index in [1.54, 1.807) is 0 Å². The molecule has 0 amide bonds. The van der Waals surface area contributed by atoms with Crippen LogP contribution in [0.1, 0.15) is 30.5 Å². The van der Waals surface area contributed by atoms with E-state index in [0.29, 0.717) is 0 Å². The van der Waals surface area contributed by atoms with Gasteiger partial charge in [0.2, 0.25) is 5.69 Å². The number of hydrogen-bond donors (Lipinski definition) is 0. The molecule has 9 heteroatoms. The highest BCUT2D eigenvalue weighted by molar-refractivity contribution is 9.10. The van der Waals surface area contributed by atoms with Crippen molar-refractivity contribution in [2.45, 2.75) is 19.3 Å². The number of halogens is 6. The fourth-order valence-corrected chi connectivity index (χ4v) is 5.23. The molecular formula is C31H26BBr2F4NO. The van der Waals surface area contributed by atoms with Gasteiger partial charge in [-0.15, -0.1) is 0 Å². The molecule has 0 bridgehead atoms. The van der Waals surface area contributed by atoms with Gasteiger partial charge in [-0.25, -0.2) is 0 Å². The van der Waals surface area contributed by atoms with Crippen LogP contribution in [0.5, 0.6) is 0 Å². The van der Waals surface area contributed by atoms with Crippen LogP contribution in [0.4, 0.5) is 23.0 Å². The maximum Gasteiger partial charge on any atom is 0.673 e. The van der Waals surface area contributed by atoms with E-state index >= 15 is 0 Å². The molecule has 0 fully saturated rings. The van der Waals surface area contributed by atoms with Gasteiger partial charge >= 0.3 is 7.25 Å². The number of ether oxygens (including phenoxy) is 1. The summed E-state index contributed by atoms with van der Waals surface area (Å²) >= 11 is 7.06. The monoisotopic (exact) mass is 673 g/mol. The SMILES string of the molecule is C[N+]1=C(/C=C/C=C2\C=C(c3ccc(Br)cc3)C=C(c3ccc(Br)cc3)O2)C(C)(C)c2ccccc21.F[B-](F)(F)F. The van der Waals surface area contributed by atoms with Crippen LogP contribution in [0, 0.1) is 0 Å². The molecule has 0 atom stereocenters. The molecule has 0 saturated heterocycles. The van der Waals surface area contributed by atoms with Gasteiger partial charge in [-0.3, -0.25) is 0 Å². The molecule has 0 aliphatic carbocycles. The lowest BCUT2D eigenvalue weighted by atomic mass is 9.81. The predicted molar refractivity (Wildman–Crippen MR) is 163 cm³/mol. The molecule has 40 heavy (non-hydrogen) atoms. The Labute approximate surface area is 248 Å². The molecule has 3 aromatic carbocycles. The summed E-state index contributed by atoms with van der Waals surface area (Å²) in [5.74, 6) is 1.63. The number of benzene rings is 3. The summed E-state index contributed by atoms with van der Waals surface area (Å²) in [5, 5.41) is 0. The standard InChI is InChI=1S/C31H26Br2NO.BF4/c1-31(2)27-8-4-5-9-28(27)34(3)30(31)10-6-7-26-19-23(21-11-15-24(32)16-12-21)20-29(35-26)22-13-17-25(33)18-14-22;2-1(3,4)5/h4-20H,1-3H3;/q+1;-1/b10-6+,26-7+;. The topological polar surface area (TPSA) is 12.2 Å². The summed E-state index contributed by atoms with van der Waals surface area (Å²) in [6.45, 7) is 4.55. The molecular weight excluding hydrogens is 649 g/mol. The third-order valence-corrected chi connectivity index (χ3v) is 7.63. The van der Waals surface area contributed by atoms with Crippen molar-refractivity contribution in [3.8, 4) is 0 Å². The first-order valence-corrected chi connectivity index (χ1v) is 14.0. The lowest BCUT2D eigenvalue weighted by Gasteiger charge is -2.18. The fourth-order valence-electron chi connectivity index (χ4n) is 4.71. The van der Waals surface area contributed by atoms with Crippen LogP contribution in [0.3, 0.4) is 0 Å². The average Bonchev–Trinajstić information content (AvgIpc) is 3.09. The molecule has 0 radical (unpaired) electrons. The van der Waals surface area contributed by atoms with Crippen molar-refractivity contribution in [3.63, 3.8) is 0 Å². The minimum atomic E-state index is -6.00. The Balaban J connectivity index is 0.000000681. The zero-order chi connectivity index (χ0) is 29.1. The van der Waals surface area contributed by atoms with E-state index < -0.39 is 7.25 Å². The van der Waals surface area contributed by atoms with E-state index in [1.807, 2.05) is 18.2 Å². The Hall–Kier alpha value is -3.17. The van der Waals surface area contributed by atoms with E-state index in [2.05, 4.69) is 142 Å². The number of rotatable bonds is 4. The highest BCUT2D eigenvalue weighted by Crippen LogP contribution is 2.39. The van der Waals surface area contributed by atoms with Crippen molar-refractivity contribution in [1.82, 2.24) is 0 Å². The minimum Gasteiger partial charge on any atom is -0.457 e. The van der Waals surface area contributed by atoms with Crippen LogP contribution < -0.4 is 0 Å². The van der Waals surface area contributed by atoms with Gasteiger partial charge in [0.25, 0.3) is 0 Å². The zero-order valence-electron chi connectivity index (χ0n) is 22.0. The van der Waals surface area contributed by atoms with Gasteiger partial charge < -0.3 is 22.0 Å². The molecule has 206 valence electrons. The molecule has 5 rings (SSSR count).